The molecule has 0 aliphatic rings. The van der Waals surface area contributed by atoms with Crippen molar-refractivity contribution in [3.05, 3.63) is 65.4 Å². The summed E-state index contributed by atoms with van der Waals surface area (Å²) in [6.07, 6.45) is 1.36. The second-order valence-electron chi connectivity index (χ2n) is 5.12. The van der Waals surface area contributed by atoms with E-state index in [0.717, 1.165) is 11.3 Å². The van der Waals surface area contributed by atoms with E-state index >= 15 is 0 Å². The molecule has 116 valence electrons. The molecular weight excluding hydrogens is 290 g/mol. The van der Waals surface area contributed by atoms with E-state index in [1.54, 1.807) is 12.1 Å². The van der Waals surface area contributed by atoms with Crippen LogP contribution < -0.4 is 10.6 Å². The van der Waals surface area contributed by atoms with Gasteiger partial charge in [0.2, 0.25) is 0 Å². The molecule has 0 spiro atoms. The molecule has 0 saturated heterocycles. The lowest BCUT2D eigenvalue weighted by Crippen LogP contribution is -2.14. The zero-order valence-electron chi connectivity index (χ0n) is 12.9. The van der Waals surface area contributed by atoms with Crippen LogP contribution in [0.1, 0.15) is 11.1 Å². The largest absolute Gasteiger partial charge is 0.508 e. The number of carbonyl (C=O) groups is 1. The topological polar surface area (TPSA) is 85.2 Å². The average molecular weight is 307 g/mol. The van der Waals surface area contributed by atoms with Crippen LogP contribution in [0.5, 0.6) is 5.75 Å². The monoisotopic (exact) mass is 307 g/mol. The molecule has 0 fully saturated rings. The van der Waals surface area contributed by atoms with E-state index in [-0.39, 0.29) is 11.3 Å². The van der Waals surface area contributed by atoms with Gasteiger partial charge >= 0.3 is 0 Å². The van der Waals surface area contributed by atoms with Crippen LogP contribution in [-0.4, -0.2) is 11.0 Å². The summed E-state index contributed by atoms with van der Waals surface area (Å²) in [5.41, 5.74) is 3.44. The van der Waals surface area contributed by atoms with Gasteiger partial charge in [-0.2, -0.15) is 5.26 Å². The number of hydrogen-bond donors (Lipinski definition) is 3. The third-order valence-corrected chi connectivity index (χ3v) is 3.36. The third-order valence-electron chi connectivity index (χ3n) is 3.36. The second-order valence-corrected chi connectivity index (χ2v) is 5.12. The Bertz CT molecular complexity index is 804. The smallest absolute Gasteiger partial charge is 0.267 e. The predicted octanol–water partition coefficient (Wildman–Crippen LogP) is 3.47. The van der Waals surface area contributed by atoms with Crippen molar-refractivity contribution in [2.24, 2.45) is 0 Å². The Hall–Kier alpha value is -3.26. The summed E-state index contributed by atoms with van der Waals surface area (Å²) < 4.78 is 0. The maximum absolute atomic E-state index is 12.1. The Morgan fingerprint density at radius 1 is 1.13 bits per heavy atom. The molecule has 5 nitrogen and oxygen atoms in total. The van der Waals surface area contributed by atoms with Gasteiger partial charge < -0.3 is 15.7 Å². The number of phenolic OH excluding ortho intramolecular Hbond substituents is 1. The van der Waals surface area contributed by atoms with Gasteiger partial charge in [0.15, 0.2) is 0 Å². The normalized spacial score (nSPS) is 10.7. The zero-order valence-corrected chi connectivity index (χ0v) is 12.9. The van der Waals surface area contributed by atoms with E-state index in [9.17, 15) is 9.90 Å². The molecule has 3 N–H and O–H groups in total. The number of aryl methyl sites for hydroxylation is 2. The van der Waals surface area contributed by atoms with Crippen molar-refractivity contribution in [1.82, 2.24) is 0 Å². The number of benzene rings is 2. The Kier molecular flexibility index (Phi) is 5.00. The van der Waals surface area contributed by atoms with Gasteiger partial charge in [0.25, 0.3) is 5.91 Å². The average Bonchev–Trinajstić information content (AvgIpc) is 2.51. The SMILES string of the molecule is Cc1ccc(N/C=C(/C#N)C(=O)Nc2cccc(O)c2)cc1C. The van der Waals surface area contributed by atoms with E-state index < -0.39 is 5.91 Å². The summed E-state index contributed by atoms with van der Waals surface area (Å²) in [6, 6.07) is 13.8. The van der Waals surface area contributed by atoms with E-state index in [1.165, 1.54) is 23.9 Å². The van der Waals surface area contributed by atoms with Crippen molar-refractivity contribution in [2.45, 2.75) is 13.8 Å². The lowest BCUT2D eigenvalue weighted by Gasteiger charge is -2.07. The maximum Gasteiger partial charge on any atom is 0.267 e. The number of hydrogen-bond acceptors (Lipinski definition) is 4. The summed E-state index contributed by atoms with van der Waals surface area (Å²) in [7, 11) is 0. The van der Waals surface area contributed by atoms with Gasteiger partial charge in [0.1, 0.15) is 17.4 Å². The van der Waals surface area contributed by atoms with Crippen LogP contribution in [0.25, 0.3) is 0 Å². The van der Waals surface area contributed by atoms with Gasteiger partial charge in [-0.25, -0.2) is 0 Å². The molecule has 0 bridgehead atoms. The number of nitrogens with zero attached hydrogens (tertiary/aromatic N) is 1. The summed E-state index contributed by atoms with van der Waals surface area (Å²) in [4.78, 5) is 12.1. The molecule has 5 heteroatoms. The molecule has 23 heavy (non-hydrogen) atoms. The number of rotatable bonds is 4. The Morgan fingerprint density at radius 2 is 1.91 bits per heavy atom. The first-order valence-electron chi connectivity index (χ1n) is 7.04. The van der Waals surface area contributed by atoms with Gasteiger partial charge in [-0.1, -0.05) is 12.1 Å². The Labute approximate surface area is 134 Å². The van der Waals surface area contributed by atoms with E-state index in [1.807, 2.05) is 38.1 Å². The minimum atomic E-state index is -0.547. The van der Waals surface area contributed by atoms with Crippen molar-refractivity contribution in [3.8, 4) is 11.8 Å². The number of phenols is 1. The summed E-state index contributed by atoms with van der Waals surface area (Å²) >= 11 is 0. The molecule has 2 aromatic rings. The number of nitriles is 1. The highest BCUT2D eigenvalue weighted by Crippen LogP contribution is 2.17. The predicted molar refractivity (Wildman–Crippen MR) is 90.0 cm³/mol. The molecule has 0 atom stereocenters. The fourth-order valence-electron chi connectivity index (χ4n) is 1.92. The Morgan fingerprint density at radius 3 is 2.57 bits per heavy atom. The van der Waals surface area contributed by atoms with Gasteiger partial charge in [-0.05, 0) is 49.2 Å². The van der Waals surface area contributed by atoms with Crippen LogP contribution in [0.4, 0.5) is 11.4 Å². The van der Waals surface area contributed by atoms with E-state index in [2.05, 4.69) is 10.6 Å². The third kappa shape index (κ3) is 4.35. The lowest BCUT2D eigenvalue weighted by atomic mass is 10.1. The molecule has 1 amide bonds. The molecule has 0 radical (unpaired) electrons. The molecule has 2 rings (SSSR count). The van der Waals surface area contributed by atoms with Gasteiger partial charge in [0.05, 0.1) is 0 Å². The van der Waals surface area contributed by atoms with Gasteiger partial charge in [-0.15, -0.1) is 0 Å². The van der Waals surface area contributed by atoms with Crippen molar-refractivity contribution in [2.75, 3.05) is 10.6 Å². The Balaban J connectivity index is 2.10. The first kappa shape index (κ1) is 16.1. The quantitative estimate of drug-likeness (QED) is 0.596. The van der Waals surface area contributed by atoms with Crippen molar-refractivity contribution < 1.29 is 9.90 Å². The number of carbonyl (C=O) groups excluding carboxylic acids is 1. The van der Waals surface area contributed by atoms with Crippen LogP contribution in [-0.2, 0) is 4.79 Å². The first-order chi connectivity index (χ1) is 11.0. The molecule has 0 saturated carbocycles. The number of amides is 1. The fourth-order valence-corrected chi connectivity index (χ4v) is 1.92. The highest BCUT2D eigenvalue weighted by atomic mass is 16.3. The molecular formula is C18H17N3O2. The lowest BCUT2D eigenvalue weighted by molar-refractivity contribution is -0.112. The maximum atomic E-state index is 12.1. The van der Waals surface area contributed by atoms with Crippen molar-refractivity contribution >= 4 is 17.3 Å². The van der Waals surface area contributed by atoms with Gasteiger partial charge in [-0.3, -0.25) is 4.79 Å². The molecule has 0 aliphatic heterocycles. The number of anilines is 2. The highest BCUT2D eigenvalue weighted by Gasteiger charge is 2.09. The van der Waals surface area contributed by atoms with Crippen LogP contribution in [0, 0.1) is 25.2 Å². The van der Waals surface area contributed by atoms with Crippen LogP contribution in [0.2, 0.25) is 0 Å². The first-order valence-corrected chi connectivity index (χ1v) is 7.04. The standard InChI is InChI=1S/C18H17N3O2/c1-12-6-7-15(8-13(12)2)20-11-14(10-19)18(23)21-16-4-3-5-17(22)9-16/h3-9,11,20,22H,1-2H3,(H,21,23)/b14-11-. The molecule has 0 aliphatic carbocycles. The van der Waals surface area contributed by atoms with Crippen molar-refractivity contribution in [1.29, 1.82) is 5.26 Å². The summed E-state index contributed by atoms with van der Waals surface area (Å²) in [5, 5.41) is 24.0. The van der Waals surface area contributed by atoms with E-state index in [4.69, 9.17) is 5.26 Å². The minimum Gasteiger partial charge on any atom is -0.508 e. The zero-order chi connectivity index (χ0) is 16.8. The van der Waals surface area contributed by atoms with Crippen LogP contribution in [0.3, 0.4) is 0 Å². The molecule has 0 aromatic heterocycles. The summed E-state index contributed by atoms with van der Waals surface area (Å²) in [6.45, 7) is 4.00. The number of aromatic hydroxyl groups is 1. The number of nitrogens with one attached hydrogen (secondary N) is 2. The van der Waals surface area contributed by atoms with Gasteiger partial charge in [0, 0.05) is 23.6 Å². The minimum absolute atomic E-state index is 0.0403. The molecule has 0 unspecified atom stereocenters. The molecule has 2 aromatic carbocycles. The molecule has 0 heterocycles. The fraction of sp³-hybridized carbons (Fsp3) is 0.111. The highest BCUT2D eigenvalue weighted by molar-refractivity contribution is 6.06. The van der Waals surface area contributed by atoms with Crippen LogP contribution in [0.15, 0.2) is 54.2 Å². The van der Waals surface area contributed by atoms with Crippen LogP contribution >= 0.6 is 0 Å². The second kappa shape index (κ2) is 7.14. The van der Waals surface area contributed by atoms with E-state index in [0.29, 0.717) is 5.69 Å². The summed E-state index contributed by atoms with van der Waals surface area (Å²) in [5.74, 6) is -0.507. The van der Waals surface area contributed by atoms with Crippen molar-refractivity contribution in [3.63, 3.8) is 0 Å².